The first-order valence-electron chi connectivity index (χ1n) is 4.38. The number of aromatic carboxylic acids is 1. The molecule has 0 aromatic heterocycles. The van der Waals surface area contributed by atoms with Crippen LogP contribution in [-0.4, -0.2) is 25.7 Å². The first kappa shape index (κ1) is 14.8. The van der Waals surface area contributed by atoms with Crippen molar-refractivity contribution in [1.82, 2.24) is 0 Å². The highest BCUT2D eigenvalue weighted by molar-refractivity contribution is 8.13. The molecular formula is C9H6ClF3O4S. The second-order valence-corrected chi connectivity index (χ2v) is 5.97. The van der Waals surface area contributed by atoms with Crippen molar-refractivity contribution in [1.29, 1.82) is 0 Å². The smallest absolute Gasteiger partial charge is 0.393 e. The van der Waals surface area contributed by atoms with Crippen molar-refractivity contribution >= 4 is 25.7 Å². The molecule has 0 radical (unpaired) electrons. The fourth-order valence-corrected chi connectivity index (χ4v) is 2.09. The van der Waals surface area contributed by atoms with Gasteiger partial charge in [-0.05, 0) is 23.8 Å². The third kappa shape index (κ3) is 4.19. The molecule has 0 bridgehead atoms. The highest BCUT2D eigenvalue weighted by Crippen LogP contribution is 2.25. The second-order valence-electron chi connectivity index (χ2n) is 3.40. The predicted molar refractivity (Wildman–Crippen MR) is 56.2 cm³/mol. The van der Waals surface area contributed by atoms with Gasteiger partial charge in [-0.3, -0.25) is 0 Å². The summed E-state index contributed by atoms with van der Waals surface area (Å²) >= 11 is 0. The van der Waals surface area contributed by atoms with E-state index in [0.29, 0.717) is 12.1 Å². The van der Waals surface area contributed by atoms with E-state index < -0.39 is 43.6 Å². The predicted octanol–water partition coefficient (Wildman–Crippen LogP) is 2.42. The number of halogens is 4. The van der Waals surface area contributed by atoms with Crippen molar-refractivity contribution in [3.8, 4) is 0 Å². The van der Waals surface area contributed by atoms with Crippen LogP contribution in [0.4, 0.5) is 13.2 Å². The summed E-state index contributed by atoms with van der Waals surface area (Å²) < 4.78 is 58.6. The Kier molecular flexibility index (Phi) is 3.92. The van der Waals surface area contributed by atoms with Gasteiger partial charge >= 0.3 is 12.1 Å². The molecule has 0 amide bonds. The molecule has 0 unspecified atom stereocenters. The SMILES string of the molecule is O=C(O)c1cc(CC(F)(F)F)cc(S(=O)(=O)Cl)c1. The molecule has 0 spiro atoms. The van der Waals surface area contributed by atoms with Crippen molar-refractivity contribution in [3.63, 3.8) is 0 Å². The molecule has 100 valence electrons. The van der Waals surface area contributed by atoms with E-state index in [-0.39, 0.29) is 0 Å². The van der Waals surface area contributed by atoms with E-state index in [0.717, 1.165) is 6.07 Å². The van der Waals surface area contributed by atoms with E-state index in [4.69, 9.17) is 15.8 Å². The molecule has 4 nitrogen and oxygen atoms in total. The number of carbonyl (C=O) groups is 1. The van der Waals surface area contributed by atoms with Crippen molar-refractivity contribution in [2.75, 3.05) is 0 Å². The Morgan fingerprint density at radius 1 is 1.28 bits per heavy atom. The number of carboxylic acids is 1. The minimum Gasteiger partial charge on any atom is -0.478 e. The Morgan fingerprint density at radius 2 is 1.83 bits per heavy atom. The van der Waals surface area contributed by atoms with Crippen LogP contribution in [0.1, 0.15) is 15.9 Å². The number of carboxylic acid groups (broad SMARTS) is 1. The molecule has 0 aliphatic carbocycles. The van der Waals surface area contributed by atoms with Gasteiger partial charge in [0.2, 0.25) is 0 Å². The minimum absolute atomic E-state index is 0.485. The van der Waals surface area contributed by atoms with Gasteiger partial charge in [-0.2, -0.15) is 13.2 Å². The summed E-state index contributed by atoms with van der Waals surface area (Å²) in [6.45, 7) is 0. The number of hydrogen-bond donors (Lipinski definition) is 1. The van der Waals surface area contributed by atoms with Crippen LogP contribution in [0.2, 0.25) is 0 Å². The Balaban J connectivity index is 3.36. The lowest BCUT2D eigenvalue weighted by atomic mass is 10.1. The Bertz CT molecular complexity index is 580. The van der Waals surface area contributed by atoms with Gasteiger partial charge in [0, 0.05) is 10.7 Å². The van der Waals surface area contributed by atoms with Crippen LogP contribution in [0.25, 0.3) is 0 Å². The average molecular weight is 303 g/mol. The van der Waals surface area contributed by atoms with Gasteiger partial charge in [-0.15, -0.1) is 0 Å². The normalized spacial score (nSPS) is 12.4. The summed E-state index contributed by atoms with van der Waals surface area (Å²) in [6, 6.07) is 2.15. The van der Waals surface area contributed by atoms with E-state index in [1.165, 1.54) is 0 Å². The molecule has 0 atom stereocenters. The van der Waals surface area contributed by atoms with Crippen molar-refractivity contribution in [2.24, 2.45) is 0 Å². The van der Waals surface area contributed by atoms with E-state index in [2.05, 4.69) is 0 Å². The maximum Gasteiger partial charge on any atom is 0.393 e. The van der Waals surface area contributed by atoms with Crippen LogP contribution < -0.4 is 0 Å². The molecule has 18 heavy (non-hydrogen) atoms. The summed E-state index contributed by atoms with van der Waals surface area (Å²) in [6.07, 6.45) is -6.02. The molecule has 1 N–H and O–H groups in total. The summed E-state index contributed by atoms with van der Waals surface area (Å²) in [7, 11) is 0.681. The zero-order valence-electron chi connectivity index (χ0n) is 8.53. The topological polar surface area (TPSA) is 71.4 Å². The molecule has 1 aromatic carbocycles. The fraction of sp³-hybridized carbons (Fsp3) is 0.222. The first-order chi connectivity index (χ1) is 7.99. The van der Waals surface area contributed by atoms with Crippen LogP contribution in [0, 0.1) is 0 Å². The third-order valence-corrected chi connectivity index (χ3v) is 3.23. The lowest BCUT2D eigenvalue weighted by molar-refractivity contribution is -0.127. The lowest BCUT2D eigenvalue weighted by Crippen LogP contribution is -2.13. The maximum atomic E-state index is 12.2. The maximum absolute atomic E-state index is 12.2. The third-order valence-electron chi connectivity index (χ3n) is 1.90. The minimum atomic E-state index is -4.58. The van der Waals surface area contributed by atoms with Crippen molar-refractivity contribution < 1.29 is 31.5 Å². The number of alkyl halides is 3. The number of benzene rings is 1. The lowest BCUT2D eigenvalue weighted by Gasteiger charge is -2.08. The monoisotopic (exact) mass is 302 g/mol. The molecule has 0 aliphatic heterocycles. The highest BCUT2D eigenvalue weighted by Gasteiger charge is 2.29. The van der Waals surface area contributed by atoms with E-state index in [1.54, 1.807) is 0 Å². The van der Waals surface area contributed by atoms with Crippen LogP contribution in [-0.2, 0) is 15.5 Å². The molecular weight excluding hydrogens is 297 g/mol. The number of rotatable bonds is 3. The van der Waals surface area contributed by atoms with Crippen LogP contribution in [0.3, 0.4) is 0 Å². The van der Waals surface area contributed by atoms with E-state index in [1.807, 2.05) is 0 Å². The average Bonchev–Trinajstić information content (AvgIpc) is 2.12. The zero-order valence-corrected chi connectivity index (χ0v) is 10.1. The molecule has 1 rings (SSSR count). The molecule has 0 saturated heterocycles. The van der Waals surface area contributed by atoms with Gasteiger partial charge < -0.3 is 5.11 Å². The van der Waals surface area contributed by atoms with Crippen molar-refractivity contribution in [2.45, 2.75) is 17.5 Å². The molecule has 9 heteroatoms. The Morgan fingerprint density at radius 3 is 2.22 bits per heavy atom. The van der Waals surface area contributed by atoms with E-state index in [9.17, 15) is 26.4 Å². The molecule has 0 fully saturated rings. The van der Waals surface area contributed by atoms with Gasteiger partial charge in [0.05, 0.1) is 16.9 Å². The molecule has 1 aromatic rings. The Labute approximate surface area is 104 Å². The highest BCUT2D eigenvalue weighted by atomic mass is 35.7. The molecule has 0 aliphatic rings. The van der Waals surface area contributed by atoms with Gasteiger partial charge in [-0.25, -0.2) is 13.2 Å². The Hall–Kier alpha value is -1.28. The summed E-state index contributed by atoms with van der Waals surface area (Å²) in [5.74, 6) is -1.54. The van der Waals surface area contributed by atoms with Gasteiger partial charge in [0.15, 0.2) is 0 Å². The number of hydrogen-bond acceptors (Lipinski definition) is 3. The fourth-order valence-electron chi connectivity index (χ4n) is 1.26. The molecule has 0 heterocycles. The first-order valence-corrected chi connectivity index (χ1v) is 6.68. The van der Waals surface area contributed by atoms with Gasteiger partial charge in [-0.1, -0.05) is 0 Å². The quantitative estimate of drug-likeness (QED) is 0.870. The van der Waals surface area contributed by atoms with Crippen LogP contribution >= 0.6 is 10.7 Å². The second kappa shape index (κ2) is 4.77. The van der Waals surface area contributed by atoms with E-state index >= 15 is 0 Å². The molecule has 0 saturated carbocycles. The summed E-state index contributed by atoms with van der Waals surface area (Å²) in [4.78, 5) is 10.0. The van der Waals surface area contributed by atoms with Gasteiger partial charge in [0.25, 0.3) is 9.05 Å². The van der Waals surface area contributed by atoms with Gasteiger partial charge in [0.1, 0.15) is 0 Å². The standard InChI is InChI=1S/C9H6ClF3O4S/c10-18(16,17)7-2-5(4-9(11,12)13)1-6(3-7)8(14)15/h1-3H,4H2,(H,14,15). The zero-order chi connectivity index (χ0) is 14.1. The van der Waals surface area contributed by atoms with Crippen LogP contribution in [0.15, 0.2) is 23.1 Å². The van der Waals surface area contributed by atoms with Crippen LogP contribution in [0.5, 0.6) is 0 Å². The largest absolute Gasteiger partial charge is 0.478 e. The summed E-state index contributed by atoms with van der Waals surface area (Å²) in [5.41, 5.74) is -1.06. The van der Waals surface area contributed by atoms with Crippen molar-refractivity contribution in [3.05, 3.63) is 29.3 Å². The summed E-state index contributed by atoms with van der Waals surface area (Å²) in [5, 5.41) is 8.68.